The maximum absolute atomic E-state index is 6.05. The highest BCUT2D eigenvalue weighted by Gasteiger charge is 2.11. The summed E-state index contributed by atoms with van der Waals surface area (Å²) in [6.45, 7) is 1.87. The maximum Gasteiger partial charge on any atom is 0.223 e. The van der Waals surface area contributed by atoms with E-state index in [1.54, 1.807) is 0 Å². The van der Waals surface area contributed by atoms with Crippen molar-refractivity contribution in [2.24, 2.45) is 27.2 Å². The molecule has 0 aliphatic heterocycles. The summed E-state index contributed by atoms with van der Waals surface area (Å²) >= 11 is 12.7. The average Bonchev–Trinajstić information content (AvgIpc) is 2.20. The number of nitrogens with zero attached hydrogens (tertiary/aromatic N) is 2. The van der Waals surface area contributed by atoms with Crippen molar-refractivity contribution in [3.05, 3.63) is 25.6 Å². The molecule has 92 valence electrons. The van der Waals surface area contributed by atoms with Crippen LogP contribution in [0.4, 0.5) is 5.69 Å². The molecule has 0 bridgehead atoms. The Morgan fingerprint density at radius 1 is 1.29 bits per heavy atom. The van der Waals surface area contributed by atoms with Gasteiger partial charge in [0.15, 0.2) is 5.96 Å². The van der Waals surface area contributed by atoms with E-state index < -0.39 is 0 Å². The monoisotopic (exact) mass is 381 g/mol. The van der Waals surface area contributed by atoms with Crippen LogP contribution in [-0.2, 0) is 0 Å². The van der Waals surface area contributed by atoms with Crippen LogP contribution in [0.15, 0.2) is 25.0 Å². The standard InChI is InChI=1S/C9H10Br2ClN5/c1-3-2-4(10)6(12)5(11)7(3)16-9(15)17-8(13)14/h2H,1H3,(H6,13,14,15,16,17). The topological polar surface area (TPSA) is 103 Å². The Bertz CT molecular complexity index is 509. The summed E-state index contributed by atoms with van der Waals surface area (Å²) in [5.41, 5.74) is 17.4. The van der Waals surface area contributed by atoms with Crippen LogP contribution in [-0.4, -0.2) is 11.9 Å². The number of benzene rings is 1. The number of hydrogen-bond donors (Lipinski definition) is 3. The van der Waals surface area contributed by atoms with Crippen molar-refractivity contribution in [2.45, 2.75) is 6.92 Å². The Balaban J connectivity index is 3.34. The molecule has 0 spiro atoms. The van der Waals surface area contributed by atoms with E-state index in [2.05, 4.69) is 41.8 Å². The second-order valence-electron chi connectivity index (χ2n) is 3.16. The quantitative estimate of drug-likeness (QED) is 0.394. The summed E-state index contributed by atoms with van der Waals surface area (Å²) in [6.07, 6.45) is 0. The maximum atomic E-state index is 6.05. The molecule has 0 radical (unpaired) electrons. The number of guanidine groups is 2. The summed E-state index contributed by atoms with van der Waals surface area (Å²) in [7, 11) is 0. The van der Waals surface area contributed by atoms with Crippen LogP contribution in [0.2, 0.25) is 5.02 Å². The normalized spacial score (nSPS) is 11.4. The van der Waals surface area contributed by atoms with E-state index >= 15 is 0 Å². The number of rotatable bonds is 1. The van der Waals surface area contributed by atoms with Gasteiger partial charge in [-0.2, -0.15) is 4.99 Å². The Kier molecular flexibility index (Phi) is 4.79. The van der Waals surface area contributed by atoms with Gasteiger partial charge in [-0.05, 0) is 50.4 Å². The molecule has 0 saturated carbocycles. The number of aliphatic imine (C=N–C) groups is 2. The Morgan fingerprint density at radius 2 is 1.88 bits per heavy atom. The van der Waals surface area contributed by atoms with Crippen LogP contribution in [0, 0.1) is 6.92 Å². The Labute approximate surface area is 120 Å². The van der Waals surface area contributed by atoms with Crippen molar-refractivity contribution >= 4 is 61.1 Å². The van der Waals surface area contributed by atoms with Gasteiger partial charge in [-0.1, -0.05) is 11.6 Å². The molecule has 0 aliphatic rings. The molecule has 6 N–H and O–H groups in total. The van der Waals surface area contributed by atoms with Gasteiger partial charge in [0.25, 0.3) is 0 Å². The van der Waals surface area contributed by atoms with Gasteiger partial charge in [0, 0.05) is 4.47 Å². The smallest absolute Gasteiger partial charge is 0.223 e. The lowest BCUT2D eigenvalue weighted by Crippen LogP contribution is -2.26. The second-order valence-corrected chi connectivity index (χ2v) is 5.18. The van der Waals surface area contributed by atoms with E-state index in [1.165, 1.54) is 0 Å². The highest BCUT2D eigenvalue weighted by Crippen LogP contribution is 2.40. The van der Waals surface area contributed by atoms with Crippen molar-refractivity contribution in [3.8, 4) is 0 Å². The first-order chi connectivity index (χ1) is 7.82. The lowest BCUT2D eigenvalue weighted by atomic mass is 10.2. The van der Waals surface area contributed by atoms with Gasteiger partial charge >= 0.3 is 0 Å². The molecule has 17 heavy (non-hydrogen) atoms. The third kappa shape index (κ3) is 3.58. The van der Waals surface area contributed by atoms with Crippen molar-refractivity contribution in [3.63, 3.8) is 0 Å². The molecule has 0 fully saturated rings. The molecular formula is C9H10Br2ClN5. The van der Waals surface area contributed by atoms with Crippen LogP contribution in [0.1, 0.15) is 5.56 Å². The fourth-order valence-electron chi connectivity index (χ4n) is 1.11. The molecule has 1 rings (SSSR count). The van der Waals surface area contributed by atoms with Crippen molar-refractivity contribution in [2.75, 3.05) is 0 Å². The highest BCUT2D eigenvalue weighted by atomic mass is 79.9. The van der Waals surface area contributed by atoms with E-state index in [0.29, 0.717) is 15.2 Å². The van der Waals surface area contributed by atoms with Gasteiger partial charge in [0.2, 0.25) is 5.96 Å². The molecule has 0 aromatic heterocycles. The highest BCUT2D eigenvalue weighted by molar-refractivity contribution is 9.11. The molecule has 5 nitrogen and oxygen atoms in total. The third-order valence-electron chi connectivity index (χ3n) is 1.80. The fourth-order valence-corrected chi connectivity index (χ4v) is 2.68. The fraction of sp³-hybridized carbons (Fsp3) is 0.111. The number of aryl methyl sites for hydroxylation is 1. The van der Waals surface area contributed by atoms with E-state index in [0.717, 1.165) is 10.0 Å². The predicted molar refractivity (Wildman–Crippen MR) is 78.7 cm³/mol. The third-order valence-corrected chi connectivity index (χ3v) is 4.04. The minimum Gasteiger partial charge on any atom is -0.370 e. The van der Waals surface area contributed by atoms with Crippen LogP contribution >= 0.6 is 43.5 Å². The zero-order valence-electron chi connectivity index (χ0n) is 8.84. The van der Waals surface area contributed by atoms with Crippen molar-refractivity contribution in [1.82, 2.24) is 0 Å². The second kappa shape index (κ2) is 5.70. The van der Waals surface area contributed by atoms with Gasteiger partial charge in [-0.15, -0.1) is 0 Å². The van der Waals surface area contributed by atoms with Gasteiger partial charge in [0.1, 0.15) is 0 Å². The molecule has 0 amide bonds. The minimum absolute atomic E-state index is 0.0350. The lowest BCUT2D eigenvalue weighted by molar-refractivity contribution is 1.32. The molecule has 0 saturated heterocycles. The largest absolute Gasteiger partial charge is 0.370 e. The summed E-state index contributed by atoms with van der Waals surface area (Å²) in [6, 6.07) is 1.83. The summed E-state index contributed by atoms with van der Waals surface area (Å²) in [4.78, 5) is 7.73. The van der Waals surface area contributed by atoms with Gasteiger partial charge in [-0.3, -0.25) is 0 Å². The first kappa shape index (κ1) is 14.3. The summed E-state index contributed by atoms with van der Waals surface area (Å²) in [5, 5.41) is 0.506. The van der Waals surface area contributed by atoms with Crippen LogP contribution in [0.3, 0.4) is 0 Å². The minimum atomic E-state index is -0.150. The zero-order chi connectivity index (χ0) is 13.2. The van der Waals surface area contributed by atoms with Crippen LogP contribution < -0.4 is 17.2 Å². The van der Waals surface area contributed by atoms with E-state index in [1.807, 2.05) is 13.0 Å². The average molecular weight is 383 g/mol. The number of halogens is 3. The summed E-state index contributed by atoms with van der Waals surface area (Å²) in [5.74, 6) is -0.185. The Morgan fingerprint density at radius 3 is 2.41 bits per heavy atom. The molecule has 0 heterocycles. The number of hydrogen-bond acceptors (Lipinski definition) is 1. The molecule has 0 aliphatic carbocycles. The molecule has 1 aromatic carbocycles. The molecule has 0 unspecified atom stereocenters. The molecule has 1 aromatic rings. The first-order valence-corrected chi connectivity index (χ1v) is 6.37. The number of nitrogens with two attached hydrogens (primary N) is 3. The van der Waals surface area contributed by atoms with Crippen molar-refractivity contribution < 1.29 is 0 Å². The first-order valence-electron chi connectivity index (χ1n) is 4.40. The Hall–Kier alpha value is -0.790. The molecule has 8 heteroatoms. The van der Waals surface area contributed by atoms with Gasteiger partial charge in [-0.25, -0.2) is 4.99 Å². The van der Waals surface area contributed by atoms with Crippen LogP contribution in [0.5, 0.6) is 0 Å². The van der Waals surface area contributed by atoms with Crippen molar-refractivity contribution in [1.29, 1.82) is 0 Å². The van der Waals surface area contributed by atoms with E-state index in [-0.39, 0.29) is 11.9 Å². The zero-order valence-corrected chi connectivity index (χ0v) is 12.8. The molecule has 0 atom stereocenters. The van der Waals surface area contributed by atoms with E-state index in [4.69, 9.17) is 28.8 Å². The predicted octanol–water partition coefficient (Wildman–Crippen LogP) is 2.39. The van der Waals surface area contributed by atoms with E-state index in [9.17, 15) is 0 Å². The van der Waals surface area contributed by atoms with Gasteiger partial charge < -0.3 is 17.2 Å². The molecular weight excluding hydrogens is 373 g/mol. The SMILES string of the molecule is Cc1cc(Br)c(Cl)c(Br)c1N=C(N)N=C(N)N. The van der Waals surface area contributed by atoms with Crippen LogP contribution in [0.25, 0.3) is 0 Å². The summed E-state index contributed by atoms with van der Waals surface area (Å²) < 4.78 is 1.39. The van der Waals surface area contributed by atoms with Gasteiger partial charge in [0.05, 0.1) is 15.2 Å². The lowest BCUT2D eigenvalue weighted by Gasteiger charge is -2.07.